The number of carbonyl (C=O) groups excluding carboxylic acids is 1. The zero-order valence-electron chi connectivity index (χ0n) is 19.3. The normalized spacial score (nSPS) is 11.1. The molecule has 0 fully saturated rings. The van der Waals surface area contributed by atoms with Crippen LogP contribution in [-0.2, 0) is 6.18 Å². The highest BCUT2D eigenvalue weighted by Gasteiger charge is 2.30. The summed E-state index contributed by atoms with van der Waals surface area (Å²) in [6.07, 6.45) is -4.47. The first-order valence-electron chi connectivity index (χ1n) is 10.6. The van der Waals surface area contributed by atoms with Crippen molar-refractivity contribution in [2.24, 2.45) is 0 Å². The van der Waals surface area contributed by atoms with Crippen LogP contribution in [0.5, 0.6) is 11.5 Å². The second-order valence-corrected chi connectivity index (χ2v) is 7.58. The third-order valence-corrected chi connectivity index (χ3v) is 5.29. The Morgan fingerprint density at radius 3 is 2.19 bits per heavy atom. The molecule has 1 heterocycles. The molecule has 0 aliphatic carbocycles. The molecule has 0 bridgehead atoms. The number of ether oxygens (including phenoxy) is 2. The first-order chi connectivity index (χ1) is 17.2. The standard InChI is InChI=1S/C25H22F3N5O3/c1-35-19-13-10-17(14-20(19)36-2)30-24(34)31-22-21(15-6-4-3-5-7-15)32-33(23(22)29)18-11-8-16(9-12-18)25(26,27)28/h3-14H,29H2,1-2H3,(H2,30,31,34). The largest absolute Gasteiger partial charge is 0.493 e. The molecule has 4 aromatic rings. The first-order valence-corrected chi connectivity index (χ1v) is 10.6. The number of amides is 2. The molecular formula is C25H22F3N5O3. The molecule has 0 saturated carbocycles. The number of aromatic nitrogens is 2. The summed E-state index contributed by atoms with van der Waals surface area (Å²) >= 11 is 0. The smallest absolute Gasteiger partial charge is 0.416 e. The van der Waals surface area contributed by atoms with Crippen LogP contribution in [0.15, 0.2) is 72.8 Å². The van der Waals surface area contributed by atoms with Gasteiger partial charge in [-0.05, 0) is 36.4 Å². The van der Waals surface area contributed by atoms with E-state index in [1.165, 1.54) is 31.0 Å². The fourth-order valence-electron chi connectivity index (χ4n) is 3.53. The van der Waals surface area contributed by atoms with Crippen molar-refractivity contribution in [1.29, 1.82) is 0 Å². The molecule has 0 unspecified atom stereocenters. The maximum atomic E-state index is 13.0. The zero-order chi connectivity index (χ0) is 25.9. The highest BCUT2D eigenvalue weighted by atomic mass is 19.4. The minimum atomic E-state index is -4.47. The van der Waals surface area contributed by atoms with E-state index >= 15 is 0 Å². The summed E-state index contributed by atoms with van der Waals surface area (Å²) in [5, 5.41) is 9.88. The number of nitrogen functional groups attached to an aromatic ring is 1. The third-order valence-electron chi connectivity index (χ3n) is 5.29. The van der Waals surface area contributed by atoms with E-state index in [4.69, 9.17) is 15.2 Å². The number of nitrogens with zero attached hydrogens (tertiary/aromatic N) is 2. The molecule has 3 aromatic carbocycles. The van der Waals surface area contributed by atoms with Crippen LogP contribution >= 0.6 is 0 Å². The van der Waals surface area contributed by atoms with Crippen LogP contribution in [-0.4, -0.2) is 30.0 Å². The molecule has 0 aliphatic heterocycles. The van der Waals surface area contributed by atoms with Gasteiger partial charge in [-0.15, -0.1) is 0 Å². The molecule has 0 radical (unpaired) electrons. The van der Waals surface area contributed by atoms with Crippen LogP contribution in [0.1, 0.15) is 5.56 Å². The number of nitrogens with two attached hydrogens (primary N) is 1. The Kier molecular flexibility index (Phi) is 6.73. The summed E-state index contributed by atoms with van der Waals surface area (Å²) in [5.74, 6) is 0.961. The maximum absolute atomic E-state index is 13.0. The van der Waals surface area contributed by atoms with Gasteiger partial charge in [-0.2, -0.15) is 18.3 Å². The van der Waals surface area contributed by atoms with Gasteiger partial charge in [-0.1, -0.05) is 30.3 Å². The predicted octanol–water partition coefficient (Wildman–Crippen LogP) is 5.80. The van der Waals surface area contributed by atoms with Crippen molar-refractivity contribution < 1.29 is 27.4 Å². The number of hydrogen-bond acceptors (Lipinski definition) is 5. The van der Waals surface area contributed by atoms with Gasteiger partial charge in [0.15, 0.2) is 17.3 Å². The first kappa shape index (κ1) is 24.5. The van der Waals surface area contributed by atoms with Crippen LogP contribution in [0.3, 0.4) is 0 Å². The number of urea groups is 1. The maximum Gasteiger partial charge on any atom is 0.416 e. The quantitative estimate of drug-likeness (QED) is 0.312. The second-order valence-electron chi connectivity index (χ2n) is 7.58. The Labute approximate surface area is 204 Å². The second kappa shape index (κ2) is 9.90. The van der Waals surface area contributed by atoms with Gasteiger partial charge in [0.2, 0.25) is 0 Å². The van der Waals surface area contributed by atoms with Crippen molar-refractivity contribution in [3.05, 3.63) is 78.4 Å². The number of halogens is 3. The molecule has 8 nitrogen and oxygen atoms in total. The van der Waals surface area contributed by atoms with E-state index in [0.29, 0.717) is 34.1 Å². The van der Waals surface area contributed by atoms with Crippen molar-refractivity contribution in [2.45, 2.75) is 6.18 Å². The molecule has 0 aliphatic rings. The van der Waals surface area contributed by atoms with E-state index in [1.807, 2.05) is 6.07 Å². The number of rotatable bonds is 6. The lowest BCUT2D eigenvalue weighted by Crippen LogP contribution is -2.20. The molecule has 4 rings (SSSR count). The average molecular weight is 497 g/mol. The molecule has 1 aromatic heterocycles. The molecule has 0 saturated heterocycles. The lowest BCUT2D eigenvalue weighted by Gasteiger charge is -2.12. The van der Waals surface area contributed by atoms with Gasteiger partial charge >= 0.3 is 12.2 Å². The van der Waals surface area contributed by atoms with E-state index in [1.54, 1.807) is 42.5 Å². The van der Waals surface area contributed by atoms with Gasteiger partial charge in [0.05, 0.1) is 25.5 Å². The van der Waals surface area contributed by atoms with E-state index in [2.05, 4.69) is 15.7 Å². The lowest BCUT2D eigenvalue weighted by molar-refractivity contribution is -0.137. The molecule has 186 valence electrons. The van der Waals surface area contributed by atoms with E-state index < -0.39 is 17.8 Å². The van der Waals surface area contributed by atoms with Gasteiger partial charge in [0, 0.05) is 17.3 Å². The molecule has 2 amide bonds. The topological polar surface area (TPSA) is 103 Å². The summed E-state index contributed by atoms with van der Waals surface area (Å²) < 4.78 is 50.7. The monoisotopic (exact) mass is 497 g/mol. The summed E-state index contributed by atoms with van der Waals surface area (Å²) in [7, 11) is 2.98. The zero-order valence-corrected chi connectivity index (χ0v) is 19.3. The van der Waals surface area contributed by atoms with Crippen molar-refractivity contribution >= 4 is 23.2 Å². The van der Waals surface area contributed by atoms with Crippen LogP contribution in [0.4, 0.5) is 35.2 Å². The highest BCUT2D eigenvalue weighted by molar-refractivity contribution is 6.04. The molecule has 0 atom stereocenters. The number of nitrogens with one attached hydrogen (secondary N) is 2. The summed E-state index contributed by atoms with van der Waals surface area (Å²) in [5.41, 5.74) is 7.44. The number of benzene rings is 3. The highest BCUT2D eigenvalue weighted by Crippen LogP contribution is 2.36. The molecule has 0 spiro atoms. The van der Waals surface area contributed by atoms with Crippen molar-refractivity contribution in [1.82, 2.24) is 9.78 Å². The van der Waals surface area contributed by atoms with Gasteiger partial charge in [-0.25, -0.2) is 9.48 Å². The Hall–Kier alpha value is -4.67. The van der Waals surface area contributed by atoms with E-state index in [-0.39, 0.29) is 11.5 Å². The number of alkyl halides is 3. The number of carbonyl (C=O) groups is 1. The Balaban J connectivity index is 1.68. The van der Waals surface area contributed by atoms with E-state index in [9.17, 15) is 18.0 Å². The SMILES string of the molecule is COc1ccc(NC(=O)Nc2c(-c3ccccc3)nn(-c3ccc(C(F)(F)F)cc3)c2N)cc1OC. The number of anilines is 3. The molecule has 4 N–H and O–H groups in total. The van der Waals surface area contributed by atoms with Gasteiger partial charge in [0.1, 0.15) is 11.4 Å². The van der Waals surface area contributed by atoms with Crippen LogP contribution in [0.25, 0.3) is 16.9 Å². The Morgan fingerprint density at radius 1 is 0.917 bits per heavy atom. The lowest BCUT2D eigenvalue weighted by atomic mass is 10.1. The van der Waals surface area contributed by atoms with Crippen molar-refractivity contribution in [3.63, 3.8) is 0 Å². The Bertz CT molecular complexity index is 1370. The number of hydrogen-bond donors (Lipinski definition) is 3. The van der Waals surface area contributed by atoms with Gasteiger partial charge in [0.25, 0.3) is 0 Å². The predicted molar refractivity (Wildman–Crippen MR) is 131 cm³/mol. The minimum Gasteiger partial charge on any atom is -0.493 e. The van der Waals surface area contributed by atoms with Crippen molar-refractivity contribution in [3.8, 4) is 28.4 Å². The number of methoxy groups -OCH3 is 2. The van der Waals surface area contributed by atoms with Crippen LogP contribution in [0, 0.1) is 0 Å². The molecule has 11 heteroatoms. The Morgan fingerprint density at radius 2 is 1.58 bits per heavy atom. The van der Waals surface area contributed by atoms with Crippen molar-refractivity contribution in [2.75, 3.05) is 30.6 Å². The molecule has 36 heavy (non-hydrogen) atoms. The minimum absolute atomic E-state index is 0.0380. The fraction of sp³-hybridized carbons (Fsp3) is 0.120. The van der Waals surface area contributed by atoms with Gasteiger partial charge < -0.3 is 25.8 Å². The third kappa shape index (κ3) is 5.04. The van der Waals surface area contributed by atoms with Crippen LogP contribution in [0.2, 0.25) is 0 Å². The van der Waals surface area contributed by atoms with E-state index in [0.717, 1.165) is 12.1 Å². The average Bonchev–Trinajstić information content (AvgIpc) is 3.19. The fourth-order valence-corrected chi connectivity index (χ4v) is 3.53. The summed E-state index contributed by atoms with van der Waals surface area (Å²) in [6.45, 7) is 0. The van der Waals surface area contributed by atoms with Crippen LogP contribution < -0.4 is 25.8 Å². The summed E-state index contributed by atoms with van der Waals surface area (Å²) in [4.78, 5) is 12.9. The summed E-state index contributed by atoms with van der Waals surface area (Å²) in [6, 6.07) is 17.6. The van der Waals surface area contributed by atoms with Gasteiger partial charge in [-0.3, -0.25) is 0 Å². The molecular weight excluding hydrogens is 475 g/mol.